The van der Waals surface area contributed by atoms with Crippen molar-refractivity contribution in [2.75, 3.05) is 35.0 Å². The summed E-state index contributed by atoms with van der Waals surface area (Å²) in [6.07, 6.45) is 1.66. The molecule has 1 unspecified atom stereocenters. The van der Waals surface area contributed by atoms with E-state index in [2.05, 4.69) is 4.99 Å². The highest BCUT2D eigenvalue weighted by molar-refractivity contribution is 7.07. The molecule has 2 heterocycles. The maximum absolute atomic E-state index is 14.0. The molecule has 3 aromatic rings. The molecule has 0 fully saturated rings. The van der Waals surface area contributed by atoms with E-state index in [-0.39, 0.29) is 23.8 Å². The number of methoxy groups -OCH3 is 4. The lowest BCUT2D eigenvalue weighted by Crippen LogP contribution is -2.40. The average Bonchev–Trinajstić information content (AvgIpc) is 3.25. The predicted molar refractivity (Wildman–Crippen MR) is 155 cm³/mol. The Bertz CT molecular complexity index is 1640. The van der Waals surface area contributed by atoms with Crippen molar-refractivity contribution in [3.8, 4) is 28.7 Å². The molecule has 0 aliphatic carbocycles. The summed E-state index contributed by atoms with van der Waals surface area (Å²) < 4.78 is 35.2. The van der Waals surface area contributed by atoms with Crippen molar-refractivity contribution in [2.45, 2.75) is 39.8 Å². The van der Waals surface area contributed by atoms with Crippen LogP contribution < -0.4 is 38.6 Å². The lowest BCUT2D eigenvalue weighted by Gasteiger charge is -2.25. The van der Waals surface area contributed by atoms with Crippen molar-refractivity contribution in [1.82, 2.24) is 4.57 Å². The number of nitrogens with zero attached hydrogens (tertiary/aromatic N) is 2. The van der Waals surface area contributed by atoms with Crippen LogP contribution in [0.5, 0.6) is 28.7 Å². The molecule has 1 aliphatic rings. The number of ether oxygens (including phenoxy) is 6. The van der Waals surface area contributed by atoms with Crippen LogP contribution in [0.2, 0.25) is 0 Å². The molecule has 0 saturated carbocycles. The van der Waals surface area contributed by atoms with E-state index >= 15 is 0 Å². The standard InChI is InChI=1S/C30H34N2O8S/c1-9-39-29(34)25-17(4)31-30-32(26(25)19-10-11-20(40-16(2)3)21(15-19)35-5)28(33)24(41-30)14-18-12-22(36-6)27(38-8)23(13-18)37-7/h10-16,26H,9H2,1-8H3. The van der Waals surface area contributed by atoms with Crippen LogP contribution in [0.3, 0.4) is 0 Å². The second-order valence-electron chi connectivity index (χ2n) is 9.34. The van der Waals surface area contributed by atoms with Crippen molar-refractivity contribution < 1.29 is 33.2 Å². The van der Waals surface area contributed by atoms with Crippen LogP contribution in [0.15, 0.2) is 51.4 Å². The number of esters is 1. The normalized spacial score (nSPS) is 14.9. The molecule has 218 valence electrons. The average molecular weight is 583 g/mol. The van der Waals surface area contributed by atoms with E-state index in [4.69, 9.17) is 28.4 Å². The molecular weight excluding hydrogens is 548 g/mol. The van der Waals surface area contributed by atoms with E-state index in [0.717, 1.165) is 0 Å². The van der Waals surface area contributed by atoms with E-state index < -0.39 is 12.0 Å². The minimum atomic E-state index is -0.797. The number of aromatic nitrogens is 1. The quantitative estimate of drug-likeness (QED) is 0.334. The molecule has 1 aromatic heterocycles. The molecule has 0 amide bonds. The monoisotopic (exact) mass is 582 g/mol. The van der Waals surface area contributed by atoms with E-state index in [1.54, 1.807) is 51.3 Å². The number of carbonyl (C=O) groups excluding carboxylic acids is 1. The zero-order valence-electron chi connectivity index (χ0n) is 24.4. The van der Waals surface area contributed by atoms with Gasteiger partial charge in [0, 0.05) is 0 Å². The van der Waals surface area contributed by atoms with Gasteiger partial charge in [0.2, 0.25) is 5.75 Å². The van der Waals surface area contributed by atoms with E-state index in [0.29, 0.717) is 54.9 Å². The third-order valence-electron chi connectivity index (χ3n) is 6.37. The second kappa shape index (κ2) is 12.5. The van der Waals surface area contributed by atoms with E-state index in [9.17, 15) is 9.59 Å². The van der Waals surface area contributed by atoms with Crippen molar-refractivity contribution in [1.29, 1.82) is 0 Å². The van der Waals surface area contributed by atoms with Crippen LogP contribution in [-0.4, -0.2) is 51.7 Å². The number of hydrogen-bond acceptors (Lipinski definition) is 10. The molecule has 2 aromatic carbocycles. The molecule has 10 nitrogen and oxygen atoms in total. The first-order valence-corrected chi connectivity index (χ1v) is 13.8. The van der Waals surface area contributed by atoms with Gasteiger partial charge in [0.1, 0.15) is 0 Å². The second-order valence-corrected chi connectivity index (χ2v) is 10.3. The summed E-state index contributed by atoms with van der Waals surface area (Å²) in [5, 5.41) is 0. The fourth-order valence-corrected chi connectivity index (χ4v) is 5.70. The summed E-state index contributed by atoms with van der Waals surface area (Å²) in [6, 6.07) is 8.08. The summed E-state index contributed by atoms with van der Waals surface area (Å²) in [5.41, 5.74) is 1.74. The highest BCUT2D eigenvalue weighted by Crippen LogP contribution is 2.39. The molecule has 11 heteroatoms. The summed E-state index contributed by atoms with van der Waals surface area (Å²) in [6.45, 7) is 7.49. The van der Waals surface area contributed by atoms with Gasteiger partial charge in [-0.25, -0.2) is 9.79 Å². The van der Waals surface area contributed by atoms with Gasteiger partial charge in [0.25, 0.3) is 5.56 Å². The lowest BCUT2D eigenvalue weighted by atomic mass is 9.95. The molecule has 41 heavy (non-hydrogen) atoms. The number of fused-ring (bicyclic) bond motifs is 1. The minimum Gasteiger partial charge on any atom is -0.493 e. The van der Waals surface area contributed by atoms with Gasteiger partial charge in [-0.3, -0.25) is 9.36 Å². The Morgan fingerprint density at radius 2 is 1.66 bits per heavy atom. The first kappa shape index (κ1) is 29.7. The van der Waals surface area contributed by atoms with Crippen LogP contribution in [-0.2, 0) is 9.53 Å². The number of thiazole rings is 1. The van der Waals surface area contributed by atoms with Crippen LogP contribution in [0.4, 0.5) is 0 Å². The van der Waals surface area contributed by atoms with Crippen LogP contribution in [0, 0.1) is 0 Å². The van der Waals surface area contributed by atoms with Crippen molar-refractivity contribution in [3.63, 3.8) is 0 Å². The molecule has 0 spiro atoms. The van der Waals surface area contributed by atoms with Crippen LogP contribution in [0.25, 0.3) is 6.08 Å². The Morgan fingerprint density at radius 3 is 2.22 bits per heavy atom. The molecule has 0 bridgehead atoms. The highest BCUT2D eigenvalue weighted by Gasteiger charge is 2.34. The first-order valence-electron chi connectivity index (χ1n) is 13.0. The highest BCUT2D eigenvalue weighted by atomic mass is 32.1. The maximum Gasteiger partial charge on any atom is 0.338 e. The Hall–Kier alpha value is -4.25. The van der Waals surface area contributed by atoms with Crippen LogP contribution >= 0.6 is 11.3 Å². The molecule has 1 atom stereocenters. The van der Waals surface area contributed by atoms with Gasteiger partial charge in [-0.2, -0.15) is 0 Å². The fourth-order valence-electron chi connectivity index (χ4n) is 4.65. The van der Waals surface area contributed by atoms with Gasteiger partial charge in [0.05, 0.1) is 63.0 Å². The topological polar surface area (TPSA) is 107 Å². The Balaban J connectivity index is 1.95. The van der Waals surface area contributed by atoms with Gasteiger partial charge >= 0.3 is 5.97 Å². The van der Waals surface area contributed by atoms with Gasteiger partial charge in [0.15, 0.2) is 27.8 Å². The summed E-state index contributed by atoms with van der Waals surface area (Å²) in [7, 11) is 6.13. The first-order chi connectivity index (χ1) is 19.7. The number of benzene rings is 2. The molecule has 0 radical (unpaired) electrons. The zero-order chi connectivity index (χ0) is 29.8. The molecule has 0 N–H and O–H groups in total. The molecular formula is C30H34N2O8S. The molecule has 1 aliphatic heterocycles. The summed E-state index contributed by atoms with van der Waals surface area (Å²) in [5.74, 6) is 1.86. The molecule has 0 saturated heterocycles. The Labute approximate surface area is 242 Å². The summed E-state index contributed by atoms with van der Waals surface area (Å²) >= 11 is 1.22. The lowest BCUT2D eigenvalue weighted by molar-refractivity contribution is -0.139. The van der Waals surface area contributed by atoms with Gasteiger partial charge in [-0.1, -0.05) is 17.4 Å². The Morgan fingerprint density at radius 1 is 1.00 bits per heavy atom. The number of rotatable bonds is 10. The fraction of sp³-hybridized carbons (Fsp3) is 0.367. The maximum atomic E-state index is 14.0. The number of allylic oxidation sites excluding steroid dienone is 1. The van der Waals surface area contributed by atoms with Crippen molar-refractivity contribution >= 4 is 23.4 Å². The largest absolute Gasteiger partial charge is 0.493 e. The SMILES string of the molecule is CCOC(=O)C1=C(C)N=c2sc(=Cc3cc(OC)c(OC)c(OC)c3)c(=O)n2C1c1ccc(OC(C)C)c(OC)c1. The summed E-state index contributed by atoms with van der Waals surface area (Å²) in [4.78, 5) is 32.3. The smallest absolute Gasteiger partial charge is 0.338 e. The third kappa shape index (κ3) is 5.81. The Kier molecular flexibility index (Phi) is 9.07. The zero-order valence-corrected chi connectivity index (χ0v) is 25.2. The van der Waals surface area contributed by atoms with Gasteiger partial charge in [-0.15, -0.1) is 0 Å². The van der Waals surface area contributed by atoms with Crippen molar-refractivity contribution in [3.05, 3.63) is 72.4 Å². The van der Waals surface area contributed by atoms with Gasteiger partial charge in [-0.05, 0) is 69.2 Å². The number of hydrogen-bond donors (Lipinski definition) is 0. The predicted octanol–water partition coefficient (Wildman–Crippen LogP) is 3.62. The van der Waals surface area contributed by atoms with Crippen LogP contribution in [0.1, 0.15) is 44.9 Å². The van der Waals surface area contributed by atoms with E-state index in [1.807, 2.05) is 19.9 Å². The van der Waals surface area contributed by atoms with Gasteiger partial charge < -0.3 is 28.4 Å². The third-order valence-corrected chi connectivity index (χ3v) is 7.35. The van der Waals surface area contributed by atoms with Crippen molar-refractivity contribution in [2.24, 2.45) is 4.99 Å². The minimum absolute atomic E-state index is 0.0696. The van der Waals surface area contributed by atoms with E-state index in [1.165, 1.54) is 37.2 Å². The number of carbonyl (C=O) groups is 1. The molecule has 4 rings (SSSR count).